The van der Waals surface area contributed by atoms with E-state index in [4.69, 9.17) is 12.2 Å². The second kappa shape index (κ2) is 5.00. The molecule has 0 radical (unpaired) electrons. The van der Waals surface area contributed by atoms with Crippen LogP contribution in [0.4, 0.5) is 0 Å². The van der Waals surface area contributed by atoms with Crippen LogP contribution in [0, 0.1) is 12.3 Å². The molecule has 0 atom stereocenters. The summed E-state index contributed by atoms with van der Waals surface area (Å²) in [7, 11) is 0. The predicted octanol–water partition coefficient (Wildman–Crippen LogP) is -0.0967. The molecule has 1 aromatic heterocycles. The van der Waals surface area contributed by atoms with Crippen molar-refractivity contribution in [1.82, 2.24) is 10.3 Å². The van der Waals surface area contributed by atoms with E-state index in [-0.39, 0.29) is 12.5 Å². The molecule has 0 unspecified atom stereocenters. The van der Waals surface area contributed by atoms with Gasteiger partial charge in [-0.1, -0.05) is 5.92 Å². The molecule has 1 heterocycles. The zero-order valence-corrected chi connectivity index (χ0v) is 7.66. The fourth-order valence-electron chi connectivity index (χ4n) is 0.964. The number of terminal acetylenes is 1. The van der Waals surface area contributed by atoms with Crippen molar-refractivity contribution in [3.63, 3.8) is 0 Å². The summed E-state index contributed by atoms with van der Waals surface area (Å²) in [6.07, 6.45) is 6.56. The smallest absolute Gasteiger partial charge is 0.252 e. The standard InChI is InChI=1S/C10H11N3O/c1-2-4-13-10(14)8-3-5-12-9(6-8)7-11/h1,3,5-6H,4,7,11H2,(H,13,14). The summed E-state index contributed by atoms with van der Waals surface area (Å²) in [5.41, 5.74) is 6.60. The normalized spacial score (nSPS) is 9.14. The Bertz CT molecular complexity index is 368. The number of carbonyl (C=O) groups is 1. The Balaban J connectivity index is 2.75. The summed E-state index contributed by atoms with van der Waals surface area (Å²) in [5.74, 6) is 2.12. The van der Waals surface area contributed by atoms with Gasteiger partial charge < -0.3 is 11.1 Å². The molecule has 0 saturated heterocycles. The van der Waals surface area contributed by atoms with Crippen LogP contribution in [-0.2, 0) is 6.54 Å². The van der Waals surface area contributed by atoms with E-state index in [0.717, 1.165) is 0 Å². The van der Waals surface area contributed by atoms with Gasteiger partial charge in [0.25, 0.3) is 5.91 Å². The van der Waals surface area contributed by atoms with E-state index in [9.17, 15) is 4.79 Å². The van der Waals surface area contributed by atoms with Crippen molar-refractivity contribution in [2.45, 2.75) is 6.54 Å². The van der Waals surface area contributed by atoms with E-state index in [1.54, 1.807) is 18.3 Å². The summed E-state index contributed by atoms with van der Waals surface area (Å²) >= 11 is 0. The highest BCUT2D eigenvalue weighted by molar-refractivity contribution is 5.94. The molecular formula is C10H11N3O. The van der Waals surface area contributed by atoms with E-state index in [1.165, 1.54) is 0 Å². The molecule has 4 heteroatoms. The molecule has 0 aliphatic rings. The first kappa shape index (κ1) is 10.2. The number of nitrogens with one attached hydrogen (secondary N) is 1. The van der Waals surface area contributed by atoms with Crippen LogP contribution < -0.4 is 11.1 Å². The highest BCUT2D eigenvalue weighted by Crippen LogP contribution is 2.00. The third-order valence-electron chi connectivity index (χ3n) is 1.64. The number of hydrogen-bond acceptors (Lipinski definition) is 3. The van der Waals surface area contributed by atoms with Crippen LogP contribution in [0.2, 0.25) is 0 Å². The van der Waals surface area contributed by atoms with Gasteiger partial charge in [0.2, 0.25) is 0 Å². The van der Waals surface area contributed by atoms with Gasteiger partial charge in [-0.05, 0) is 12.1 Å². The van der Waals surface area contributed by atoms with Crippen LogP contribution in [-0.4, -0.2) is 17.4 Å². The predicted molar refractivity (Wildman–Crippen MR) is 53.3 cm³/mol. The molecule has 0 aliphatic carbocycles. The van der Waals surface area contributed by atoms with E-state index < -0.39 is 0 Å². The SMILES string of the molecule is C#CCNC(=O)c1ccnc(CN)c1. The lowest BCUT2D eigenvalue weighted by molar-refractivity contribution is 0.0958. The number of amides is 1. The van der Waals surface area contributed by atoms with Crippen LogP contribution in [0.5, 0.6) is 0 Å². The van der Waals surface area contributed by atoms with E-state index in [2.05, 4.69) is 16.2 Å². The summed E-state index contributed by atoms with van der Waals surface area (Å²) in [6.45, 7) is 0.537. The number of carbonyl (C=O) groups excluding carboxylic acids is 1. The number of rotatable bonds is 3. The Morgan fingerprint density at radius 2 is 2.50 bits per heavy atom. The first-order valence-corrected chi connectivity index (χ1v) is 4.14. The number of aromatic nitrogens is 1. The average Bonchev–Trinajstić information content (AvgIpc) is 2.26. The second-order valence-electron chi connectivity index (χ2n) is 2.63. The summed E-state index contributed by atoms with van der Waals surface area (Å²) < 4.78 is 0. The maximum Gasteiger partial charge on any atom is 0.252 e. The summed E-state index contributed by atoms with van der Waals surface area (Å²) in [6, 6.07) is 3.26. The van der Waals surface area contributed by atoms with Crippen molar-refractivity contribution in [2.75, 3.05) is 6.54 Å². The first-order valence-electron chi connectivity index (χ1n) is 4.14. The molecule has 0 spiro atoms. The maximum absolute atomic E-state index is 11.4. The fraction of sp³-hybridized carbons (Fsp3) is 0.200. The van der Waals surface area contributed by atoms with Crippen molar-refractivity contribution in [2.24, 2.45) is 5.73 Å². The Morgan fingerprint density at radius 1 is 1.71 bits per heavy atom. The molecule has 0 aliphatic heterocycles. The third kappa shape index (κ3) is 2.57. The van der Waals surface area contributed by atoms with Crippen molar-refractivity contribution in [1.29, 1.82) is 0 Å². The highest BCUT2D eigenvalue weighted by Gasteiger charge is 2.04. The molecule has 1 aromatic rings. The van der Waals surface area contributed by atoms with Gasteiger partial charge in [-0.2, -0.15) is 0 Å². The van der Waals surface area contributed by atoms with Gasteiger partial charge in [-0.3, -0.25) is 9.78 Å². The quantitative estimate of drug-likeness (QED) is 0.652. The topological polar surface area (TPSA) is 68.0 Å². The minimum Gasteiger partial charge on any atom is -0.341 e. The lowest BCUT2D eigenvalue weighted by Crippen LogP contribution is -2.23. The molecule has 4 nitrogen and oxygen atoms in total. The average molecular weight is 189 g/mol. The molecule has 1 rings (SSSR count). The van der Waals surface area contributed by atoms with Crippen molar-refractivity contribution in [3.05, 3.63) is 29.6 Å². The Kier molecular flexibility index (Phi) is 3.65. The van der Waals surface area contributed by atoms with Crippen LogP contribution in [0.25, 0.3) is 0 Å². The van der Waals surface area contributed by atoms with E-state index in [1.807, 2.05) is 0 Å². The molecular weight excluding hydrogens is 178 g/mol. The second-order valence-corrected chi connectivity index (χ2v) is 2.63. The molecule has 1 amide bonds. The fourth-order valence-corrected chi connectivity index (χ4v) is 0.964. The number of pyridine rings is 1. The van der Waals surface area contributed by atoms with Gasteiger partial charge in [0.05, 0.1) is 12.2 Å². The number of nitrogens with two attached hydrogens (primary N) is 1. The number of nitrogens with zero attached hydrogens (tertiary/aromatic N) is 1. The van der Waals surface area contributed by atoms with Gasteiger partial charge in [0.1, 0.15) is 0 Å². The lowest BCUT2D eigenvalue weighted by atomic mass is 10.2. The molecule has 14 heavy (non-hydrogen) atoms. The monoisotopic (exact) mass is 189 g/mol. The van der Waals surface area contributed by atoms with Gasteiger partial charge in [0.15, 0.2) is 0 Å². The zero-order valence-electron chi connectivity index (χ0n) is 7.66. The molecule has 0 bridgehead atoms. The van der Waals surface area contributed by atoms with Crippen molar-refractivity contribution in [3.8, 4) is 12.3 Å². The molecule has 0 saturated carbocycles. The molecule has 0 aromatic carbocycles. The maximum atomic E-state index is 11.4. The Morgan fingerprint density at radius 3 is 3.14 bits per heavy atom. The lowest BCUT2D eigenvalue weighted by Gasteiger charge is -2.02. The van der Waals surface area contributed by atoms with Crippen LogP contribution in [0.15, 0.2) is 18.3 Å². The summed E-state index contributed by atoms with van der Waals surface area (Å²) in [4.78, 5) is 15.4. The van der Waals surface area contributed by atoms with Crippen molar-refractivity contribution >= 4 is 5.91 Å². The molecule has 0 fully saturated rings. The van der Waals surface area contributed by atoms with E-state index in [0.29, 0.717) is 17.8 Å². The third-order valence-corrected chi connectivity index (χ3v) is 1.64. The van der Waals surface area contributed by atoms with Crippen LogP contribution in [0.1, 0.15) is 16.1 Å². The van der Waals surface area contributed by atoms with Gasteiger partial charge >= 0.3 is 0 Å². The largest absolute Gasteiger partial charge is 0.341 e. The number of hydrogen-bond donors (Lipinski definition) is 2. The Labute approximate surface area is 82.5 Å². The zero-order chi connectivity index (χ0) is 10.4. The minimum absolute atomic E-state index is 0.208. The van der Waals surface area contributed by atoms with Crippen LogP contribution >= 0.6 is 0 Å². The Hall–Kier alpha value is -1.86. The highest BCUT2D eigenvalue weighted by atomic mass is 16.1. The first-order chi connectivity index (χ1) is 6.77. The van der Waals surface area contributed by atoms with Crippen LogP contribution in [0.3, 0.4) is 0 Å². The summed E-state index contributed by atoms with van der Waals surface area (Å²) in [5, 5.41) is 2.56. The molecule has 72 valence electrons. The molecule has 3 N–H and O–H groups in total. The van der Waals surface area contributed by atoms with Gasteiger partial charge in [-0.15, -0.1) is 6.42 Å². The van der Waals surface area contributed by atoms with E-state index >= 15 is 0 Å². The van der Waals surface area contributed by atoms with Crippen molar-refractivity contribution < 1.29 is 4.79 Å². The minimum atomic E-state index is -0.208. The van der Waals surface area contributed by atoms with Gasteiger partial charge in [0, 0.05) is 18.3 Å². The van der Waals surface area contributed by atoms with Gasteiger partial charge in [-0.25, -0.2) is 0 Å².